The lowest BCUT2D eigenvalue weighted by molar-refractivity contribution is -0.00518. The molecule has 4 aromatic carbocycles. The van der Waals surface area contributed by atoms with Gasteiger partial charge in [0, 0.05) is 21.9 Å². The summed E-state index contributed by atoms with van der Waals surface area (Å²) in [5, 5.41) is 2.40. The van der Waals surface area contributed by atoms with Crippen molar-refractivity contribution in [2.75, 3.05) is 0 Å². The van der Waals surface area contributed by atoms with E-state index in [4.69, 9.17) is 15.0 Å². The monoisotopic (exact) mass is 532 g/mol. The van der Waals surface area contributed by atoms with E-state index < -0.39 is 0 Å². The molecule has 4 heteroatoms. The SMILES string of the molecule is c1ccc(-c2nc(-c3ccc(C45CC6CC(CC(C6)C4)C5)cc3)nc(-n3c4ccccc4c4ccccc43)n2)cc1. The fraction of sp³-hybridized carbons (Fsp3) is 0.270. The van der Waals surface area contributed by atoms with Gasteiger partial charge < -0.3 is 0 Å². The average Bonchev–Trinajstić information content (AvgIpc) is 3.35. The van der Waals surface area contributed by atoms with Crippen molar-refractivity contribution in [3.8, 4) is 28.7 Å². The van der Waals surface area contributed by atoms with Gasteiger partial charge >= 0.3 is 0 Å². The molecule has 0 atom stereocenters. The number of hydrogen-bond donors (Lipinski definition) is 0. The van der Waals surface area contributed by atoms with Gasteiger partial charge in [-0.25, -0.2) is 4.98 Å². The quantitative estimate of drug-likeness (QED) is 0.228. The first-order valence-corrected chi connectivity index (χ1v) is 15.1. The predicted octanol–water partition coefficient (Wildman–Crippen LogP) is 8.77. The molecule has 2 aromatic heterocycles. The van der Waals surface area contributed by atoms with Crippen molar-refractivity contribution in [2.24, 2.45) is 17.8 Å². The molecule has 2 heterocycles. The summed E-state index contributed by atoms with van der Waals surface area (Å²) in [6.45, 7) is 0. The first kappa shape index (κ1) is 23.4. The molecule has 10 rings (SSSR count). The molecular formula is C37H32N4. The summed E-state index contributed by atoms with van der Waals surface area (Å²) in [6.07, 6.45) is 8.53. The van der Waals surface area contributed by atoms with E-state index in [1.807, 2.05) is 18.2 Å². The van der Waals surface area contributed by atoms with Crippen molar-refractivity contribution in [2.45, 2.75) is 43.9 Å². The van der Waals surface area contributed by atoms with Crippen molar-refractivity contribution in [3.05, 3.63) is 109 Å². The van der Waals surface area contributed by atoms with Crippen molar-refractivity contribution in [3.63, 3.8) is 0 Å². The number of aromatic nitrogens is 4. The highest BCUT2D eigenvalue weighted by molar-refractivity contribution is 6.08. The molecule has 4 fully saturated rings. The predicted molar refractivity (Wildman–Crippen MR) is 165 cm³/mol. The van der Waals surface area contributed by atoms with E-state index in [1.165, 1.54) is 54.9 Å². The molecule has 4 aliphatic carbocycles. The van der Waals surface area contributed by atoms with E-state index in [-0.39, 0.29) is 0 Å². The Morgan fingerprint density at radius 1 is 0.512 bits per heavy atom. The molecule has 0 spiro atoms. The molecule has 200 valence electrons. The van der Waals surface area contributed by atoms with Crippen LogP contribution in [0.25, 0.3) is 50.5 Å². The number of para-hydroxylation sites is 2. The van der Waals surface area contributed by atoms with Crippen LogP contribution in [-0.4, -0.2) is 19.5 Å². The van der Waals surface area contributed by atoms with Gasteiger partial charge in [0.25, 0.3) is 0 Å². The molecule has 4 nitrogen and oxygen atoms in total. The van der Waals surface area contributed by atoms with Crippen LogP contribution in [0.4, 0.5) is 0 Å². The second-order valence-corrected chi connectivity index (χ2v) is 12.8. The van der Waals surface area contributed by atoms with Gasteiger partial charge in [0.1, 0.15) is 0 Å². The largest absolute Gasteiger partial charge is 0.278 e. The first-order chi connectivity index (χ1) is 20.2. The lowest BCUT2D eigenvalue weighted by Crippen LogP contribution is -2.48. The van der Waals surface area contributed by atoms with Crippen molar-refractivity contribution >= 4 is 21.8 Å². The molecule has 0 aliphatic heterocycles. The molecular weight excluding hydrogens is 500 g/mol. The third kappa shape index (κ3) is 3.70. The molecule has 6 aromatic rings. The lowest BCUT2D eigenvalue weighted by atomic mass is 9.48. The first-order valence-electron chi connectivity index (χ1n) is 15.1. The average molecular weight is 533 g/mol. The number of rotatable bonds is 4. The molecule has 41 heavy (non-hydrogen) atoms. The standard InChI is InChI=1S/C37H32N4/c1-2-8-27(9-3-1)34-38-35(28-14-16-29(17-15-28)37-21-24-18-25(22-37)20-26(19-24)23-37)40-36(39-34)41-32-12-6-4-10-30(32)31-11-5-7-13-33(31)41/h1-17,24-26H,18-23H2. The molecule has 0 saturated heterocycles. The minimum absolute atomic E-state index is 0.385. The third-order valence-corrected chi connectivity index (χ3v) is 10.2. The summed E-state index contributed by atoms with van der Waals surface area (Å²) in [7, 11) is 0. The normalized spacial score (nSPS) is 24.8. The van der Waals surface area contributed by atoms with Gasteiger partial charge in [0.05, 0.1) is 11.0 Å². The highest BCUT2D eigenvalue weighted by atomic mass is 15.2. The van der Waals surface area contributed by atoms with Crippen LogP contribution in [-0.2, 0) is 5.41 Å². The minimum atomic E-state index is 0.385. The van der Waals surface area contributed by atoms with Gasteiger partial charge in [-0.3, -0.25) is 4.57 Å². The molecule has 4 aliphatic rings. The number of fused-ring (bicyclic) bond motifs is 3. The van der Waals surface area contributed by atoms with Gasteiger partial charge in [-0.1, -0.05) is 91.0 Å². The van der Waals surface area contributed by atoms with Crippen molar-refractivity contribution < 1.29 is 0 Å². The molecule has 0 unspecified atom stereocenters. The van der Waals surface area contributed by atoms with Crippen LogP contribution >= 0.6 is 0 Å². The molecule has 4 bridgehead atoms. The Balaban J connectivity index is 1.20. The summed E-state index contributed by atoms with van der Waals surface area (Å²) in [6, 6.07) is 36.6. The Labute approximate surface area is 240 Å². The summed E-state index contributed by atoms with van der Waals surface area (Å²) in [5.41, 5.74) is 6.14. The maximum Gasteiger partial charge on any atom is 0.238 e. The fourth-order valence-electron chi connectivity index (χ4n) is 8.89. The summed E-state index contributed by atoms with van der Waals surface area (Å²) < 4.78 is 2.19. The number of benzene rings is 4. The topological polar surface area (TPSA) is 43.6 Å². The van der Waals surface area contributed by atoms with Crippen LogP contribution in [0.2, 0.25) is 0 Å². The van der Waals surface area contributed by atoms with E-state index in [0.29, 0.717) is 23.0 Å². The second kappa shape index (κ2) is 8.84. The smallest absolute Gasteiger partial charge is 0.238 e. The summed E-state index contributed by atoms with van der Waals surface area (Å²) in [4.78, 5) is 15.2. The fourth-order valence-corrected chi connectivity index (χ4v) is 8.89. The van der Waals surface area contributed by atoms with Gasteiger partial charge in [-0.15, -0.1) is 0 Å². The number of hydrogen-bond acceptors (Lipinski definition) is 3. The second-order valence-electron chi connectivity index (χ2n) is 12.8. The maximum atomic E-state index is 5.13. The Bertz CT molecular complexity index is 1830. The highest BCUT2D eigenvalue weighted by Gasteiger charge is 2.51. The summed E-state index contributed by atoms with van der Waals surface area (Å²) in [5.74, 6) is 4.87. The Morgan fingerprint density at radius 3 is 1.56 bits per heavy atom. The van der Waals surface area contributed by atoms with Crippen LogP contribution in [0.5, 0.6) is 0 Å². The van der Waals surface area contributed by atoms with Crippen LogP contribution in [0.15, 0.2) is 103 Å². The molecule has 0 N–H and O–H groups in total. The van der Waals surface area contributed by atoms with E-state index in [9.17, 15) is 0 Å². The van der Waals surface area contributed by atoms with Crippen LogP contribution in [0.3, 0.4) is 0 Å². The van der Waals surface area contributed by atoms with Gasteiger partial charge in [-0.2, -0.15) is 9.97 Å². The minimum Gasteiger partial charge on any atom is -0.278 e. The van der Waals surface area contributed by atoms with E-state index in [2.05, 4.69) is 89.5 Å². The lowest BCUT2D eigenvalue weighted by Gasteiger charge is -2.57. The zero-order valence-electron chi connectivity index (χ0n) is 23.1. The highest BCUT2D eigenvalue weighted by Crippen LogP contribution is 2.60. The number of nitrogens with zero attached hydrogens (tertiary/aromatic N) is 4. The van der Waals surface area contributed by atoms with Crippen LogP contribution in [0, 0.1) is 17.8 Å². The maximum absolute atomic E-state index is 5.13. The zero-order chi connectivity index (χ0) is 27.0. The van der Waals surface area contributed by atoms with Gasteiger partial charge in [0.15, 0.2) is 11.6 Å². The van der Waals surface area contributed by atoms with Gasteiger partial charge in [0.2, 0.25) is 5.95 Å². The Hall–Kier alpha value is -4.31. The van der Waals surface area contributed by atoms with Crippen molar-refractivity contribution in [1.82, 2.24) is 19.5 Å². The molecule has 0 amide bonds. The van der Waals surface area contributed by atoms with Crippen LogP contribution < -0.4 is 0 Å². The van der Waals surface area contributed by atoms with Crippen molar-refractivity contribution in [1.29, 1.82) is 0 Å². The van der Waals surface area contributed by atoms with Crippen LogP contribution in [0.1, 0.15) is 44.1 Å². The van der Waals surface area contributed by atoms with E-state index in [1.54, 1.807) is 0 Å². The van der Waals surface area contributed by atoms with E-state index >= 15 is 0 Å². The van der Waals surface area contributed by atoms with E-state index in [0.717, 1.165) is 39.9 Å². The zero-order valence-corrected chi connectivity index (χ0v) is 23.1. The van der Waals surface area contributed by atoms with Gasteiger partial charge in [-0.05, 0) is 79.4 Å². The molecule has 4 saturated carbocycles. The molecule has 0 radical (unpaired) electrons. The Morgan fingerprint density at radius 2 is 1.00 bits per heavy atom. The third-order valence-electron chi connectivity index (χ3n) is 10.2. The Kier molecular flexibility index (Phi) is 5.05. The summed E-state index contributed by atoms with van der Waals surface area (Å²) >= 11 is 0.